The molecule has 1 nitrogen and oxygen atoms in total. The third kappa shape index (κ3) is 1.39. The van der Waals surface area contributed by atoms with Crippen molar-refractivity contribution in [1.82, 2.24) is 5.32 Å². The van der Waals surface area contributed by atoms with Crippen molar-refractivity contribution in [2.45, 2.75) is 45.6 Å². The maximum atomic E-state index is 3.67. The fourth-order valence-electron chi connectivity index (χ4n) is 3.22. The van der Waals surface area contributed by atoms with Gasteiger partial charge in [-0.2, -0.15) is 0 Å². The Hall–Kier alpha value is -0.0400. The van der Waals surface area contributed by atoms with Gasteiger partial charge in [0.2, 0.25) is 0 Å². The lowest BCUT2D eigenvalue weighted by atomic mass is 9.81. The van der Waals surface area contributed by atoms with Gasteiger partial charge in [0.1, 0.15) is 0 Å². The van der Waals surface area contributed by atoms with Crippen LogP contribution in [-0.4, -0.2) is 12.6 Å². The molecule has 0 radical (unpaired) electrons. The Morgan fingerprint density at radius 3 is 2.75 bits per heavy atom. The Morgan fingerprint density at radius 1 is 1.17 bits per heavy atom. The molecule has 0 amide bonds. The van der Waals surface area contributed by atoms with Gasteiger partial charge in [0.15, 0.2) is 0 Å². The topological polar surface area (TPSA) is 12.0 Å². The molecular formula is C11H21N. The first kappa shape index (κ1) is 8.55. The molecule has 1 aliphatic heterocycles. The van der Waals surface area contributed by atoms with Crippen LogP contribution in [0.2, 0.25) is 0 Å². The molecule has 2 aliphatic rings. The van der Waals surface area contributed by atoms with Crippen LogP contribution < -0.4 is 5.32 Å². The summed E-state index contributed by atoms with van der Waals surface area (Å²) < 4.78 is 0. The summed E-state index contributed by atoms with van der Waals surface area (Å²) in [6.07, 6.45) is 5.80. The zero-order chi connectivity index (χ0) is 8.55. The van der Waals surface area contributed by atoms with Crippen molar-refractivity contribution < 1.29 is 0 Å². The molecule has 2 fully saturated rings. The second-order valence-electron chi connectivity index (χ2n) is 4.85. The van der Waals surface area contributed by atoms with E-state index in [0.717, 1.165) is 23.8 Å². The van der Waals surface area contributed by atoms with Crippen LogP contribution in [0.15, 0.2) is 0 Å². The average Bonchev–Trinajstić information content (AvgIpc) is 2.47. The van der Waals surface area contributed by atoms with Crippen LogP contribution in [0.5, 0.6) is 0 Å². The van der Waals surface area contributed by atoms with Gasteiger partial charge in [0, 0.05) is 6.04 Å². The van der Waals surface area contributed by atoms with Gasteiger partial charge in [0.05, 0.1) is 0 Å². The predicted molar refractivity (Wildman–Crippen MR) is 52.1 cm³/mol. The van der Waals surface area contributed by atoms with Gasteiger partial charge < -0.3 is 5.32 Å². The van der Waals surface area contributed by atoms with Gasteiger partial charge >= 0.3 is 0 Å². The largest absolute Gasteiger partial charge is 0.314 e. The summed E-state index contributed by atoms with van der Waals surface area (Å²) in [5.74, 6) is 2.93. The molecule has 1 aliphatic carbocycles. The fourth-order valence-corrected chi connectivity index (χ4v) is 3.22. The summed E-state index contributed by atoms with van der Waals surface area (Å²) in [5, 5.41) is 3.67. The van der Waals surface area contributed by atoms with Gasteiger partial charge in [-0.25, -0.2) is 0 Å². The number of hydrogen-bond acceptors (Lipinski definition) is 1. The molecule has 3 atom stereocenters. The van der Waals surface area contributed by atoms with Crippen LogP contribution in [0.25, 0.3) is 0 Å². The minimum absolute atomic E-state index is 0.881. The normalized spacial score (nSPS) is 41.8. The zero-order valence-corrected chi connectivity index (χ0v) is 8.34. The van der Waals surface area contributed by atoms with E-state index in [-0.39, 0.29) is 0 Å². The van der Waals surface area contributed by atoms with Crippen molar-refractivity contribution in [3.05, 3.63) is 0 Å². The Labute approximate surface area is 75.9 Å². The molecule has 12 heavy (non-hydrogen) atoms. The van der Waals surface area contributed by atoms with Gasteiger partial charge in [-0.05, 0) is 50.0 Å². The summed E-state index contributed by atoms with van der Waals surface area (Å²) in [7, 11) is 0. The summed E-state index contributed by atoms with van der Waals surface area (Å²) in [4.78, 5) is 0. The highest BCUT2D eigenvalue weighted by Gasteiger charge is 2.38. The molecule has 3 unspecified atom stereocenters. The highest BCUT2D eigenvalue weighted by atomic mass is 14.9. The van der Waals surface area contributed by atoms with Crippen LogP contribution in [0.3, 0.4) is 0 Å². The summed E-state index contributed by atoms with van der Waals surface area (Å²) in [6, 6.07) is 0.881. The molecule has 0 aromatic rings. The first-order chi connectivity index (χ1) is 5.79. The van der Waals surface area contributed by atoms with E-state index in [2.05, 4.69) is 19.2 Å². The summed E-state index contributed by atoms with van der Waals surface area (Å²) in [6.45, 7) is 6.05. The molecule has 0 aromatic carbocycles. The average molecular weight is 167 g/mol. The van der Waals surface area contributed by atoms with Crippen LogP contribution in [-0.2, 0) is 0 Å². The number of rotatable bonds is 1. The van der Waals surface area contributed by atoms with Crippen LogP contribution in [0.4, 0.5) is 0 Å². The lowest BCUT2D eigenvalue weighted by molar-refractivity contribution is 0.219. The molecule has 0 bridgehead atoms. The number of fused-ring (bicyclic) bond motifs is 1. The van der Waals surface area contributed by atoms with Crippen molar-refractivity contribution >= 4 is 0 Å². The molecule has 0 aromatic heterocycles. The number of piperidine rings is 1. The van der Waals surface area contributed by atoms with E-state index in [1.807, 2.05) is 0 Å². The lowest BCUT2D eigenvalue weighted by Crippen LogP contribution is -2.40. The molecule has 1 heteroatoms. The maximum Gasteiger partial charge on any atom is 0.00981 e. The van der Waals surface area contributed by atoms with Crippen molar-refractivity contribution in [3.8, 4) is 0 Å². The van der Waals surface area contributed by atoms with Gasteiger partial charge in [-0.1, -0.05) is 13.8 Å². The molecule has 2 rings (SSSR count). The van der Waals surface area contributed by atoms with Crippen molar-refractivity contribution in [2.75, 3.05) is 6.54 Å². The Kier molecular flexibility index (Phi) is 2.40. The first-order valence-electron chi connectivity index (χ1n) is 5.52. The van der Waals surface area contributed by atoms with E-state index in [4.69, 9.17) is 0 Å². The number of nitrogens with one attached hydrogen (secondary N) is 1. The third-order valence-electron chi connectivity index (χ3n) is 3.85. The SMILES string of the molecule is CC(C)C1CCC2NCCCC21. The van der Waals surface area contributed by atoms with Gasteiger partial charge in [0.25, 0.3) is 0 Å². The lowest BCUT2D eigenvalue weighted by Gasteiger charge is -2.32. The quantitative estimate of drug-likeness (QED) is 0.632. The van der Waals surface area contributed by atoms with Gasteiger partial charge in [-0.15, -0.1) is 0 Å². The number of hydrogen-bond donors (Lipinski definition) is 1. The Balaban J connectivity index is 2.01. The van der Waals surface area contributed by atoms with Crippen LogP contribution >= 0.6 is 0 Å². The van der Waals surface area contributed by atoms with E-state index in [1.165, 1.54) is 32.2 Å². The minimum atomic E-state index is 0.881. The molecular weight excluding hydrogens is 146 g/mol. The van der Waals surface area contributed by atoms with Crippen LogP contribution in [0, 0.1) is 17.8 Å². The maximum absolute atomic E-state index is 3.67. The second-order valence-corrected chi connectivity index (χ2v) is 4.85. The van der Waals surface area contributed by atoms with E-state index < -0.39 is 0 Å². The second kappa shape index (κ2) is 3.37. The van der Waals surface area contributed by atoms with Crippen molar-refractivity contribution in [2.24, 2.45) is 17.8 Å². The first-order valence-corrected chi connectivity index (χ1v) is 5.52. The van der Waals surface area contributed by atoms with E-state index in [9.17, 15) is 0 Å². The molecule has 1 saturated heterocycles. The molecule has 1 N–H and O–H groups in total. The van der Waals surface area contributed by atoms with Gasteiger partial charge in [-0.3, -0.25) is 0 Å². The highest BCUT2D eigenvalue weighted by molar-refractivity contribution is 4.92. The van der Waals surface area contributed by atoms with Crippen LogP contribution in [0.1, 0.15) is 39.5 Å². The molecule has 70 valence electrons. The molecule has 1 saturated carbocycles. The van der Waals surface area contributed by atoms with E-state index >= 15 is 0 Å². The summed E-state index contributed by atoms with van der Waals surface area (Å²) in [5.41, 5.74) is 0. The standard InChI is InChI=1S/C11H21N/c1-8(2)9-5-6-11-10(9)4-3-7-12-11/h8-12H,3-7H2,1-2H3. The van der Waals surface area contributed by atoms with Crippen molar-refractivity contribution in [3.63, 3.8) is 0 Å². The smallest absolute Gasteiger partial charge is 0.00981 e. The Bertz CT molecular complexity index is 153. The van der Waals surface area contributed by atoms with E-state index in [0.29, 0.717) is 0 Å². The monoisotopic (exact) mass is 167 g/mol. The summed E-state index contributed by atoms with van der Waals surface area (Å²) >= 11 is 0. The highest BCUT2D eigenvalue weighted by Crippen LogP contribution is 2.41. The third-order valence-corrected chi connectivity index (χ3v) is 3.85. The Morgan fingerprint density at radius 2 is 2.00 bits per heavy atom. The minimum Gasteiger partial charge on any atom is -0.314 e. The van der Waals surface area contributed by atoms with Crippen molar-refractivity contribution in [1.29, 1.82) is 0 Å². The molecule has 1 heterocycles. The predicted octanol–water partition coefficient (Wildman–Crippen LogP) is 2.42. The molecule has 0 spiro atoms. The van der Waals surface area contributed by atoms with E-state index in [1.54, 1.807) is 0 Å². The fraction of sp³-hybridized carbons (Fsp3) is 1.00. The zero-order valence-electron chi connectivity index (χ0n) is 8.34.